The Bertz CT molecular complexity index is 431. The minimum atomic E-state index is -0.571. The van der Waals surface area contributed by atoms with E-state index in [0.29, 0.717) is 6.42 Å². The molecule has 16 heavy (non-hydrogen) atoms. The highest BCUT2D eigenvalue weighted by Gasteiger charge is 2.30. The van der Waals surface area contributed by atoms with Crippen LogP contribution in [0.5, 0.6) is 0 Å². The smallest absolute Gasteiger partial charge is 0.125 e. The molecule has 0 aliphatic heterocycles. The normalized spacial score (nSPS) is 24.9. The third kappa shape index (κ3) is 1.89. The summed E-state index contributed by atoms with van der Waals surface area (Å²) >= 11 is 0. The zero-order valence-corrected chi connectivity index (χ0v) is 9.60. The lowest BCUT2D eigenvalue weighted by Crippen LogP contribution is -2.31. The van der Waals surface area contributed by atoms with Crippen LogP contribution in [-0.4, -0.2) is 17.8 Å². The molecule has 1 aliphatic carbocycles. The average Bonchev–Trinajstić information content (AvgIpc) is 2.34. The molecule has 0 saturated heterocycles. The van der Waals surface area contributed by atoms with E-state index in [1.165, 1.54) is 0 Å². The van der Waals surface area contributed by atoms with Gasteiger partial charge in [0.25, 0.3) is 0 Å². The van der Waals surface area contributed by atoms with Crippen molar-refractivity contribution in [1.29, 1.82) is 0 Å². The Labute approximate surface area is 95.9 Å². The maximum atomic E-state index is 9.96. The first-order valence-corrected chi connectivity index (χ1v) is 5.37. The summed E-state index contributed by atoms with van der Waals surface area (Å²) in [5, 5.41) is 9.96. The molecule has 0 unspecified atom stereocenters. The molecule has 2 heteroatoms. The Morgan fingerprint density at radius 3 is 2.50 bits per heavy atom. The highest BCUT2D eigenvalue weighted by Crippen LogP contribution is 2.32. The summed E-state index contributed by atoms with van der Waals surface area (Å²) in [6.07, 6.45) is 4.57. The van der Waals surface area contributed by atoms with E-state index in [1.807, 2.05) is 37.3 Å². The van der Waals surface area contributed by atoms with E-state index < -0.39 is 5.60 Å². The largest absolute Gasteiger partial charge is 0.509 e. The number of ether oxygens (including phenoxy) is 1. The van der Waals surface area contributed by atoms with E-state index in [0.717, 1.165) is 11.1 Å². The molecule has 0 fully saturated rings. The van der Waals surface area contributed by atoms with Crippen LogP contribution >= 0.6 is 0 Å². The van der Waals surface area contributed by atoms with E-state index in [9.17, 15) is 5.11 Å². The predicted molar refractivity (Wildman–Crippen MR) is 65.2 cm³/mol. The van der Waals surface area contributed by atoms with Gasteiger partial charge in [-0.05, 0) is 24.1 Å². The number of benzene rings is 1. The van der Waals surface area contributed by atoms with Crippen LogP contribution < -0.4 is 0 Å². The van der Waals surface area contributed by atoms with E-state index >= 15 is 0 Å². The standard InChI is InChI=1S/C14H16O2/c1-14(16-2)9-8-12(10-13(14)15)11-6-4-3-5-7-11/h3-8,10,15H,9H2,1-2H3/t14-/m1/s1. The van der Waals surface area contributed by atoms with Gasteiger partial charge in [-0.15, -0.1) is 0 Å². The van der Waals surface area contributed by atoms with Gasteiger partial charge in [0.15, 0.2) is 0 Å². The molecular formula is C14H16O2. The lowest BCUT2D eigenvalue weighted by Gasteiger charge is -2.29. The minimum Gasteiger partial charge on any atom is -0.509 e. The van der Waals surface area contributed by atoms with Crippen molar-refractivity contribution in [2.24, 2.45) is 0 Å². The summed E-state index contributed by atoms with van der Waals surface area (Å²) < 4.78 is 5.31. The van der Waals surface area contributed by atoms with E-state index in [4.69, 9.17) is 4.74 Å². The second kappa shape index (κ2) is 4.14. The number of allylic oxidation sites excluding steroid dienone is 2. The molecule has 84 valence electrons. The number of hydrogen-bond donors (Lipinski definition) is 1. The van der Waals surface area contributed by atoms with Gasteiger partial charge in [0, 0.05) is 13.5 Å². The molecule has 0 aromatic heterocycles. The van der Waals surface area contributed by atoms with Gasteiger partial charge in [0.2, 0.25) is 0 Å². The van der Waals surface area contributed by atoms with Crippen LogP contribution in [0.2, 0.25) is 0 Å². The molecule has 1 aromatic carbocycles. The molecule has 0 amide bonds. The van der Waals surface area contributed by atoms with Gasteiger partial charge < -0.3 is 9.84 Å². The van der Waals surface area contributed by atoms with Gasteiger partial charge >= 0.3 is 0 Å². The topological polar surface area (TPSA) is 29.5 Å². The first-order valence-electron chi connectivity index (χ1n) is 5.37. The van der Waals surface area contributed by atoms with Crippen LogP contribution in [0.3, 0.4) is 0 Å². The van der Waals surface area contributed by atoms with Gasteiger partial charge in [0.05, 0.1) is 0 Å². The Kier molecular flexibility index (Phi) is 2.84. The molecule has 2 rings (SSSR count). The summed E-state index contributed by atoms with van der Waals surface area (Å²) in [5.41, 5.74) is 1.60. The van der Waals surface area contributed by atoms with Gasteiger partial charge in [-0.2, -0.15) is 0 Å². The van der Waals surface area contributed by atoms with Gasteiger partial charge in [-0.25, -0.2) is 0 Å². The van der Waals surface area contributed by atoms with Crippen molar-refractivity contribution in [1.82, 2.24) is 0 Å². The summed E-state index contributed by atoms with van der Waals surface area (Å²) in [7, 11) is 1.62. The van der Waals surface area contributed by atoms with E-state index in [2.05, 4.69) is 6.08 Å². The van der Waals surface area contributed by atoms with Gasteiger partial charge in [-0.1, -0.05) is 36.4 Å². The zero-order chi connectivity index (χ0) is 11.6. The fraction of sp³-hybridized carbons (Fsp3) is 0.286. The molecule has 1 N–H and O–H groups in total. The van der Waals surface area contributed by atoms with Gasteiger partial charge in [-0.3, -0.25) is 0 Å². The quantitative estimate of drug-likeness (QED) is 0.821. The SMILES string of the molecule is CO[C@]1(C)CC=C(c2ccccc2)C=C1O. The second-order valence-corrected chi connectivity index (χ2v) is 4.19. The van der Waals surface area contributed by atoms with Crippen LogP contribution in [0, 0.1) is 0 Å². The third-order valence-corrected chi connectivity index (χ3v) is 3.10. The average molecular weight is 216 g/mol. The molecule has 1 atom stereocenters. The van der Waals surface area contributed by atoms with Gasteiger partial charge in [0.1, 0.15) is 11.4 Å². The fourth-order valence-corrected chi connectivity index (χ4v) is 1.79. The lowest BCUT2D eigenvalue weighted by molar-refractivity contribution is 0.00617. The number of methoxy groups -OCH3 is 1. The Balaban J connectivity index is 2.30. The summed E-state index contributed by atoms with van der Waals surface area (Å²) in [5.74, 6) is 0.288. The Morgan fingerprint density at radius 2 is 1.94 bits per heavy atom. The van der Waals surface area contributed by atoms with Crippen LogP contribution in [-0.2, 0) is 4.74 Å². The number of aliphatic hydroxyl groups is 1. The number of hydrogen-bond acceptors (Lipinski definition) is 2. The highest BCUT2D eigenvalue weighted by atomic mass is 16.5. The molecule has 0 heterocycles. The summed E-state index contributed by atoms with van der Waals surface area (Å²) in [6, 6.07) is 10.0. The van der Waals surface area contributed by atoms with Crippen molar-refractivity contribution in [3.05, 3.63) is 53.8 Å². The minimum absolute atomic E-state index is 0.288. The highest BCUT2D eigenvalue weighted by molar-refractivity contribution is 5.75. The summed E-state index contributed by atoms with van der Waals surface area (Å²) in [6.45, 7) is 1.89. The maximum absolute atomic E-state index is 9.96. The lowest BCUT2D eigenvalue weighted by atomic mass is 9.89. The predicted octanol–water partition coefficient (Wildman–Crippen LogP) is 3.32. The van der Waals surface area contributed by atoms with Crippen LogP contribution in [0.25, 0.3) is 5.57 Å². The maximum Gasteiger partial charge on any atom is 0.125 e. The van der Waals surface area contributed by atoms with E-state index in [1.54, 1.807) is 13.2 Å². The van der Waals surface area contributed by atoms with Crippen molar-refractivity contribution >= 4 is 5.57 Å². The number of aliphatic hydroxyl groups excluding tert-OH is 1. The van der Waals surface area contributed by atoms with Crippen LogP contribution in [0.4, 0.5) is 0 Å². The molecule has 2 nitrogen and oxygen atoms in total. The molecule has 0 saturated carbocycles. The fourth-order valence-electron chi connectivity index (χ4n) is 1.79. The molecule has 1 aromatic rings. The molecule has 0 bridgehead atoms. The summed E-state index contributed by atoms with van der Waals surface area (Å²) in [4.78, 5) is 0. The van der Waals surface area contributed by atoms with E-state index in [-0.39, 0.29) is 5.76 Å². The zero-order valence-electron chi connectivity index (χ0n) is 9.60. The molecule has 1 aliphatic rings. The molecule has 0 spiro atoms. The second-order valence-electron chi connectivity index (χ2n) is 4.19. The first-order chi connectivity index (χ1) is 7.65. The van der Waals surface area contributed by atoms with Crippen molar-refractivity contribution < 1.29 is 9.84 Å². The monoisotopic (exact) mass is 216 g/mol. The van der Waals surface area contributed by atoms with Crippen molar-refractivity contribution in [2.75, 3.05) is 7.11 Å². The molecule has 0 radical (unpaired) electrons. The van der Waals surface area contributed by atoms with Crippen molar-refractivity contribution in [2.45, 2.75) is 18.9 Å². The Morgan fingerprint density at radius 1 is 1.25 bits per heavy atom. The van der Waals surface area contributed by atoms with Crippen molar-refractivity contribution in [3.8, 4) is 0 Å². The van der Waals surface area contributed by atoms with Crippen molar-refractivity contribution in [3.63, 3.8) is 0 Å². The van der Waals surface area contributed by atoms with Crippen LogP contribution in [0.1, 0.15) is 18.9 Å². The Hall–Kier alpha value is -1.54. The first kappa shape index (κ1) is 11.0. The van der Waals surface area contributed by atoms with Crippen LogP contribution in [0.15, 0.2) is 48.2 Å². The third-order valence-electron chi connectivity index (χ3n) is 3.10. The number of rotatable bonds is 2. The molecular weight excluding hydrogens is 200 g/mol.